The number of nitrogens with zero attached hydrogens (tertiary/aromatic N) is 7. The lowest BCUT2D eigenvalue weighted by Gasteiger charge is -2.30. The summed E-state index contributed by atoms with van der Waals surface area (Å²) in [5.74, 6) is 1.54. The molecule has 11 nitrogen and oxygen atoms in total. The van der Waals surface area contributed by atoms with Crippen molar-refractivity contribution in [2.45, 2.75) is 56.7 Å². The molecule has 0 aliphatic carbocycles. The minimum atomic E-state index is -3.14. The molecular weight excluding hydrogens is 430 g/mol. The highest BCUT2D eigenvalue weighted by Gasteiger charge is 2.42. The third-order valence-electron chi connectivity index (χ3n) is 7.08. The number of fused-ring (bicyclic) bond motifs is 3. The van der Waals surface area contributed by atoms with Gasteiger partial charge in [-0.1, -0.05) is 0 Å². The molecule has 3 fully saturated rings. The summed E-state index contributed by atoms with van der Waals surface area (Å²) in [5, 5.41) is 15.3. The van der Waals surface area contributed by atoms with Crippen LogP contribution < -0.4 is 10.2 Å². The highest BCUT2D eigenvalue weighted by molar-refractivity contribution is 7.88. The van der Waals surface area contributed by atoms with E-state index in [1.165, 1.54) is 36.2 Å². The van der Waals surface area contributed by atoms with Crippen LogP contribution in [-0.2, 0) is 10.0 Å². The number of sulfonamides is 1. The van der Waals surface area contributed by atoms with Crippen molar-refractivity contribution >= 4 is 27.4 Å². The Labute approximate surface area is 186 Å². The van der Waals surface area contributed by atoms with Gasteiger partial charge in [-0.25, -0.2) is 17.7 Å². The molecule has 170 valence electrons. The van der Waals surface area contributed by atoms with Gasteiger partial charge in [-0.3, -0.25) is 5.10 Å². The van der Waals surface area contributed by atoms with Gasteiger partial charge in [-0.15, -0.1) is 5.10 Å². The summed E-state index contributed by atoms with van der Waals surface area (Å²) >= 11 is 0. The van der Waals surface area contributed by atoms with Gasteiger partial charge in [0.05, 0.1) is 18.6 Å². The Morgan fingerprint density at radius 3 is 2.41 bits per heavy atom. The highest BCUT2D eigenvalue weighted by Crippen LogP contribution is 2.43. The summed E-state index contributed by atoms with van der Waals surface area (Å²) in [7, 11) is -3.14. The zero-order valence-electron chi connectivity index (χ0n) is 18.0. The van der Waals surface area contributed by atoms with Crippen molar-refractivity contribution in [3.05, 3.63) is 18.6 Å². The fourth-order valence-electron chi connectivity index (χ4n) is 5.49. The van der Waals surface area contributed by atoms with Gasteiger partial charge in [0.2, 0.25) is 16.0 Å². The maximum absolute atomic E-state index is 11.8. The van der Waals surface area contributed by atoms with E-state index in [1.54, 1.807) is 12.4 Å². The third-order valence-corrected chi connectivity index (χ3v) is 8.38. The summed E-state index contributed by atoms with van der Waals surface area (Å²) < 4.78 is 27.0. The van der Waals surface area contributed by atoms with Gasteiger partial charge < -0.3 is 10.2 Å². The van der Waals surface area contributed by atoms with Crippen LogP contribution in [0.5, 0.6) is 0 Å². The average Bonchev–Trinajstić information content (AvgIpc) is 3.56. The smallest absolute Gasteiger partial charge is 0.243 e. The maximum Gasteiger partial charge on any atom is 0.243 e. The molecule has 3 aromatic rings. The highest BCUT2D eigenvalue weighted by atomic mass is 32.2. The van der Waals surface area contributed by atoms with E-state index in [0.29, 0.717) is 36.8 Å². The molecule has 0 spiro atoms. The summed E-state index contributed by atoms with van der Waals surface area (Å²) in [6.45, 7) is 1.02. The standard InChI is InChI=1S/C20H27N9O2S/c1-32(30,31)27-8-6-14(7-9-27)24-20-25-17-12-21-18(13-10-22-23-11-13)19(29(17)26-20)28-15-2-3-16(28)5-4-15/h10-12,14-16H,2-9H2,1H3,(H,22,23)(H,24,26). The van der Waals surface area contributed by atoms with Gasteiger partial charge in [-0.05, 0) is 38.5 Å². The van der Waals surface area contributed by atoms with Crippen LogP contribution in [-0.4, -0.2) is 80.0 Å². The Bertz CT molecular complexity index is 1210. The van der Waals surface area contributed by atoms with Gasteiger partial charge in [0.25, 0.3) is 0 Å². The number of aromatic nitrogens is 6. The Balaban J connectivity index is 1.33. The quantitative estimate of drug-likeness (QED) is 0.590. The first kappa shape index (κ1) is 19.9. The number of aromatic amines is 1. The van der Waals surface area contributed by atoms with Crippen LogP contribution in [0.25, 0.3) is 16.9 Å². The predicted octanol–water partition coefficient (Wildman–Crippen LogP) is 1.48. The largest absolute Gasteiger partial charge is 0.350 e. The topological polar surface area (TPSA) is 124 Å². The first-order valence-corrected chi connectivity index (χ1v) is 13.1. The first-order valence-electron chi connectivity index (χ1n) is 11.2. The predicted molar refractivity (Wildman–Crippen MR) is 120 cm³/mol. The summed E-state index contributed by atoms with van der Waals surface area (Å²) in [4.78, 5) is 11.9. The number of anilines is 2. The molecule has 0 unspecified atom stereocenters. The molecule has 32 heavy (non-hydrogen) atoms. The molecule has 3 saturated heterocycles. The van der Waals surface area contributed by atoms with E-state index in [-0.39, 0.29) is 6.04 Å². The Kier molecular flexibility index (Phi) is 4.61. The summed E-state index contributed by atoms with van der Waals surface area (Å²) in [5.41, 5.74) is 2.50. The average molecular weight is 458 g/mol. The molecule has 3 aromatic heterocycles. The van der Waals surface area contributed by atoms with Crippen LogP contribution in [0.3, 0.4) is 0 Å². The minimum Gasteiger partial charge on any atom is -0.350 e. The molecular formula is C20H27N9O2S. The number of piperidine rings is 1. The Hall–Kier alpha value is -2.73. The van der Waals surface area contributed by atoms with Crippen molar-refractivity contribution in [2.75, 3.05) is 29.6 Å². The van der Waals surface area contributed by atoms with E-state index in [2.05, 4.69) is 20.4 Å². The fraction of sp³-hybridized carbons (Fsp3) is 0.600. The SMILES string of the molecule is CS(=O)(=O)N1CCC(Nc2nc3cnc(-c4cn[nH]c4)c(N4C5CCC4CC5)n3n2)CC1. The molecule has 2 bridgehead atoms. The molecule has 0 radical (unpaired) electrons. The number of H-pyrrole nitrogens is 1. The molecule has 3 aliphatic rings. The number of nitrogens with one attached hydrogen (secondary N) is 2. The van der Waals surface area contributed by atoms with Crippen molar-refractivity contribution in [1.29, 1.82) is 0 Å². The number of rotatable bonds is 5. The van der Waals surface area contributed by atoms with E-state index < -0.39 is 10.0 Å². The number of hydrogen-bond donors (Lipinski definition) is 2. The van der Waals surface area contributed by atoms with Crippen molar-refractivity contribution in [2.24, 2.45) is 0 Å². The lowest BCUT2D eigenvalue weighted by molar-refractivity contribution is 0.331. The van der Waals surface area contributed by atoms with E-state index in [0.717, 1.165) is 29.9 Å². The van der Waals surface area contributed by atoms with E-state index in [4.69, 9.17) is 15.1 Å². The summed E-state index contributed by atoms with van der Waals surface area (Å²) in [6, 6.07) is 1.16. The summed E-state index contributed by atoms with van der Waals surface area (Å²) in [6.07, 6.45) is 12.9. The molecule has 0 saturated carbocycles. The van der Waals surface area contributed by atoms with Crippen LogP contribution in [0.1, 0.15) is 38.5 Å². The van der Waals surface area contributed by atoms with Crippen molar-refractivity contribution in [1.82, 2.24) is 34.1 Å². The second-order valence-corrected chi connectivity index (χ2v) is 11.1. The van der Waals surface area contributed by atoms with Crippen molar-refractivity contribution in [3.63, 3.8) is 0 Å². The first-order chi connectivity index (χ1) is 15.5. The van der Waals surface area contributed by atoms with Crippen LogP contribution in [0.15, 0.2) is 18.6 Å². The van der Waals surface area contributed by atoms with E-state index in [9.17, 15) is 8.42 Å². The molecule has 6 heterocycles. The lowest BCUT2D eigenvalue weighted by atomic mass is 10.0. The van der Waals surface area contributed by atoms with Crippen LogP contribution in [0.4, 0.5) is 11.8 Å². The van der Waals surface area contributed by atoms with Crippen molar-refractivity contribution < 1.29 is 8.42 Å². The van der Waals surface area contributed by atoms with Gasteiger partial charge in [0.15, 0.2) is 11.5 Å². The number of hydrogen-bond acceptors (Lipinski definition) is 8. The monoisotopic (exact) mass is 457 g/mol. The minimum absolute atomic E-state index is 0.137. The lowest BCUT2D eigenvalue weighted by Crippen LogP contribution is -2.42. The Morgan fingerprint density at radius 1 is 1.06 bits per heavy atom. The van der Waals surface area contributed by atoms with E-state index in [1.807, 2.05) is 10.7 Å². The van der Waals surface area contributed by atoms with Gasteiger partial charge in [-0.2, -0.15) is 14.6 Å². The van der Waals surface area contributed by atoms with Crippen LogP contribution in [0.2, 0.25) is 0 Å². The molecule has 0 aromatic carbocycles. The van der Waals surface area contributed by atoms with Gasteiger partial charge in [0.1, 0.15) is 5.69 Å². The molecule has 3 aliphatic heterocycles. The second-order valence-electron chi connectivity index (χ2n) is 9.07. The fourth-order valence-corrected chi connectivity index (χ4v) is 6.37. The zero-order valence-corrected chi connectivity index (χ0v) is 18.8. The molecule has 0 atom stereocenters. The molecule has 12 heteroatoms. The Morgan fingerprint density at radius 2 is 1.78 bits per heavy atom. The zero-order chi connectivity index (χ0) is 21.9. The third kappa shape index (κ3) is 3.32. The molecule has 2 N–H and O–H groups in total. The van der Waals surface area contributed by atoms with E-state index >= 15 is 0 Å². The molecule has 0 amide bonds. The van der Waals surface area contributed by atoms with Crippen LogP contribution in [0, 0.1) is 0 Å². The normalized spacial score (nSPS) is 24.6. The van der Waals surface area contributed by atoms with Gasteiger partial charge in [0, 0.05) is 43.0 Å². The molecule has 6 rings (SSSR count). The maximum atomic E-state index is 11.8. The second kappa shape index (κ2) is 7.41. The van der Waals surface area contributed by atoms with Gasteiger partial charge >= 0.3 is 0 Å². The van der Waals surface area contributed by atoms with Crippen molar-refractivity contribution in [3.8, 4) is 11.3 Å². The van der Waals surface area contributed by atoms with Crippen LogP contribution >= 0.6 is 0 Å².